The third-order valence-electron chi connectivity index (χ3n) is 4.20. The summed E-state index contributed by atoms with van der Waals surface area (Å²) in [6, 6.07) is 6.35. The molecule has 102 valence electrons. The van der Waals surface area contributed by atoms with Crippen molar-refractivity contribution in [3.05, 3.63) is 29.3 Å². The van der Waals surface area contributed by atoms with Crippen LogP contribution >= 0.6 is 0 Å². The number of benzene rings is 1. The van der Waals surface area contributed by atoms with Gasteiger partial charge in [-0.25, -0.2) is 0 Å². The number of nitrogens with one attached hydrogen (secondary N) is 1. The Labute approximate surface area is 115 Å². The molecule has 1 saturated heterocycles. The number of hydrogen-bond donors (Lipinski definition) is 1. The molecule has 1 aromatic rings. The van der Waals surface area contributed by atoms with Crippen molar-refractivity contribution in [1.82, 2.24) is 4.90 Å². The molecule has 1 heterocycles. The number of carbonyl (C=O) groups excluding carboxylic acids is 1. The standard InChI is InChI=1S/C16H22N2O/c19-16(12-18-9-2-1-3-10-18)17-15-8-7-13-5-4-6-14(13)11-15/h7-8,11H,1-6,9-10,12H2,(H,17,19). The van der Waals surface area contributed by atoms with E-state index in [-0.39, 0.29) is 5.91 Å². The maximum Gasteiger partial charge on any atom is 0.238 e. The summed E-state index contributed by atoms with van der Waals surface area (Å²) in [6.07, 6.45) is 7.37. The number of piperidine rings is 1. The Balaban J connectivity index is 1.56. The smallest absolute Gasteiger partial charge is 0.238 e. The molecular weight excluding hydrogens is 236 g/mol. The summed E-state index contributed by atoms with van der Waals surface area (Å²) < 4.78 is 0. The minimum absolute atomic E-state index is 0.125. The van der Waals surface area contributed by atoms with E-state index in [1.807, 2.05) is 6.07 Å². The van der Waals surface area contributed by atoms with Gasteiger partial charge < -0.3 is 5.32 Å². The summed E-state index contributed by atoms with van der Waals surface area (Å²) in [5, 5.41) is 3.04. The third kappa shape index (κ3) is 3.16. The first kappa shape index (κ1) is 12.7. The predicted octanol–water partition coefficient (Wildman–Crippen LogP) is 2.60. The first-order valence-electron chi connectivity index (χ1n) is 7.45. The van der Waals surface area contributed by atoms with E-state index in [1.165, 1.54) is 43.2 Å². The maximum atomic E-state index is 12.0. The normalized spacial score (nSPS) is 19.2. The summed E-state index contributed by atoms with van der Waals surface area (Å²) in [7, 11) is 0. The van der Waals surface area contributed by atoms with Crippen LogP contribution in [0, 0.1) is 0 Å². The molecule has 0 saturated carbocycles. The van der Waals surface area contributed by atoms with Crippen molar-refractivity contribution in [3.63, 3.8) is 0 Å². The summed E-state index contributed by atoms with van der Waals surface area (Å²) in [5.74, 6) is 0.125. The van der Waals surface area contributed by atoms with Crippen molar-refractivity contribution >= 4 is 11.6 Å². The largest absolute Gasteiger partial charge is 0.325 e. The number of aryl methyl sites for hydroxylation is 2. The van der Waals surface area contributed by atoms with Crippen LogP contribution in [0.1, 0.15) is 36.8 Å². The number of fused-ring (bicyclic) bond motifs is 1. The van der Waals surface area contributed by atoms with Gasteiger partial charge in [-0.3, -0.25) is 9.69 Å². The van der Waals surface area contributed by atoms with E-state index in [2.05, 4.69) is 22.3 Å². The van der Waals surface area contributed by atoms with Crippen LogP contribution in [0.25, 0.3) is 0 Å². The average Bonchev–Trinajstić information content (AvgIpc) is 2.87. The number of amides is 1. The second-order valence-electron chi connectivity index (χ2n) is 5.72. The molecule has 0 unspecified atom stereocenters. The molecule has 1 aromatic carbocycles. The quantitative estimate of drug-likeness (QED) is 0.904. The molecule has 0 radical (unpaired) electrons. The molecule has 0 aromatic heterocycles. The Hall–Kier alpha value is -1.35. The summed E-state index contributed by atoms with van der Waals surface area (Å²) in [4.78, 5) is 14.3. The SMILES string of the molecule is O=C(CN1CCCCC1)Nc1ccc2c(c1)CCC2. The van der Waals surface area contributed by atoms with Crippen molar-refractivity contribution in [1.29, 1.82) is 0 Å². The van der Waals surface area contributed by atoms with Gasteiger partial charge in [0.1, 0.15) is 0 Å². The molecule has 1 N–H and O–H groups in total. The van der Waals surface area contributed by atoms with E-state index >= 15 is 0 Å². The van der Waals surface area contributed by atoms with Crippen molar-refractivity contribution in [3.8, 4) is 0 Å². The van der Waals surface area contributed by atoms with Crippen LogP contribution in [-0.2, 0) is 17.6 Å². The van der Waals surface area contributed by atoms with Crippen LogP contribution in [0.2, 0.25) is 0 Å². The van der Waals surface area contributed by atoms with Gasteiger partial charge in [0.15, 0.2) is 0 Å². The van der Waals surface area contributed by atoms with Gasteiger partial charge in [-0.15, -0.1) is 0 Å². The average molecular weight is 258 g/mol. The van der Waals surface area contributed by atoms with Gasteiger partial charge in [-0.05, 0) is 68.5 Å². The van der Waals surface area contributed by atoms with Crippen molar-refractivity contribution < 1.29 is 4.79 Å². The monoisotopic (exact) mass is 258 g/mol. The molecule has 3 nitrogen and oxygen atoms in total. The molecule has 0 spiro atoms. The molecule has 0 bridgehead atoms. The minimum atomic E-state index is 0.125. The number of hydrogen-bond acceptors (Lipinski definition) is 2. The number of nitrogens with zero attached hydrogens (tertiary/aromatic N) is 1. The van der Waals surface area contributed by atoms with Gasteiger partial charge in [0.05, 0.1) is 6.54 Å². The van der Waals surface area contributed by atoms with E-state index in [9.17, 15) is 4.79 Å². The van der Waals surface area contributed by atoms with Gasteiger partial charge >= 0.3 is 0 Å². The molecule has 3 rings (SSSR count). The molecule has 1 amide bonds. The zero-order valence-corrected chi connectivity index (χ0v) is 11.5. The van der Waals surface area contributed by atoms with Crippen LogP contribution in [0.15, 0.2) is 18.2 Å². The minimum Gasteiger partial charge on any atom is -0.325 e. The van der Waals surface area contributed by atoms with Crippen LogP contribution in [0.5, 0.6) is 0 Å². The molecule has 0 atom stereocenters. The van der Waals surface area contributed by atoms with Crippen LogP contribution < -0.4 is 5.32 Å². The first-order valence-corrected chi connectivity index (χ1v) is 7.45. The molecule has 19 heavy (non-hydrogen) atoms. The van der Waals surface area contributed by atoms with Gasteiger partial charge in [0, 0.05) is 5.69 Å². The van der Waals surface area contributed by atoms with Crippen LogP contribution in [-0.4, -0.2) is 30.4 Å². The summed E-state index contributed by atoms with van der Waals surface area (Å²) >= 11 is 0. The molecule has 1 aliphatic heterocycles. The van der Waals surface area contributed by atoms with E-state index in [4.69, 9.17) is 0 Å². The lowest BCUT2D eigenvalue weighted by Crippen LogP contribution is -2.36. The Kier molecular flexibility index (Phi) is 3.83. The number of carbonyl (C=O) groups is 1. The fraction of sp³-hybridized carbons (Fsp3) is 0.562. The second-order valence-corrected chi connectivity index (χ2v) is 5.72. The maximum absolute atomic E-state index is 12.0. The van der Waals surface area contributed by atoms with Crippen molar-refractivity contribution in [2.24, 2.45) is 0 Å². The first-order chi connectivity index (χ1) is 9.31. The van der Waals surface area contributed by atoms with Gasteiger partial charge in [-0.1, -0.05) is 12.5 Å². The Morgan fingerprint density at radius 3 is 2.68 bits per heavy atom. The van der Waals surface area contributed by atoms with E-state index in [0.717, 1.165) is 25.2 Å². The third-order valence-corrected chi connectivity index (χ3v) is 4.20. The molecule has 2 aliphatic rings. The van der Waals surface area contributed by atoms with Crippen LogP contribution in [0.3, 0.4) is 0 Å². The number of anilines is 1. The molecule has 1 aliphatic carbocycles. The van der Waals surface area contributed by atoms with E-state index in [1.54, 1.807) is 0 Å². The fourth-order valence-electron chi connectivity index (χ4n) is 3.17. The van der Waals surface area contributed by atoms with Gasteiger partial charge in [-0.2, -0.15) is 0 Å². The Morgan fingerprint density at radius 1 is 1.05 bits per heavy atom. The van der Waals surface area contributed by atoms with Crippen LogP contribution in [0.4, 0.5) is 5.69 Å². The van der Waals surface area contributed by atoms with Gasteiger partial charge in [0.25, 0.3) is 0 Å². The second kappa shape index (κ2) is 5.74. The molecule has 3 heteroatoms. The Morgan fingerprint density at radius 2 is 1.84 bits per heavy atom. The summed E-state index contributed by atoms with van der Waals surface area (Å²) in [5.41, 5.74) is 3.83. The van der Waals surface area contributed by atoms with E-state index in [0.29, 0.717) is 6.54 Å². The van der Waals surface area contributed by atoms with Gasteiger partial charge in [0.2, 0.25) is 5.91 Å². The highest BCUT2D eigenvalue weighted by Gasteiger charge is 2.15. The highest BCUT2D eigenvalue weighted by molar-refractivity contribution is 5.92. The molecule has 1 fully saturated rings. The fourth-order valence-corrected chi connectivity index (χ4v) is 3.17. The molecular formula is C16H22N2O. The number of rotatable bonds is 3. The highest BCUT2D eigenvalue weighted by atomic mass is 16.2. The topological polar surface area (TPSA) is 32.3 Å². The zero-order valence-electron chi connectivity index (χ0n) is 11.5. The lowest BCUT2D eigenvalue weighted by molar-refractivity contribution is -0.117. The summed E-state index contributed by atoms with van der Waals surface area (Å²) in [6.45, 7) is 2.67. The van der Waals surface area contributed by atoms with E-state index < -0.39 is 0 Å². The Bertz CT molecular complexity index is 464. The lowest BCUT2D eigenvalue weighted by atomic mass is 10.1. The van der Waals surface area contributed by atoms with Crippen molar-refractivity contribution in [2.45, 2.75) is 38.5 Å². The number of likely N-dealkylation sites (tertiary alicyclic amines) is 1. The highest BCUT2D eigenvalue weighted by Crippen LogP contribution is 2.24. The lowest BCUT2D eigenvalue weighted by Gasteiger charge is -2.25. The van der Waals surface area contributed by atoms with Crippen molar-refractivity contribution in [2.75, 3.05) is 25.0 Å². The zero-order chi connectivity index (χ0) is 13.1. The predicted molar refractivity (Wildman–Crippen MR) is 77.4 cm³/mol.